The molecule has 128 valence electrons. The molecule has 0 aliphatic heterocycles. The van der Waals surface area contributed by atoms with Gasteiger partial charge in [0, 0.05) is 5.41 Å². The summed E-state index contributed by atoms with van der Waals surface area (Å²) < 4.78 is 0. The predicted molar refractivity (Wildman–Crippen MR) is 86.7 cm³/mol. The molecule has 0 saturated heterocycles. The summed E-state index contributed by atoms with van der Waals surface area (Å²) in [7, 11) is 0. The number of carboxylic acids is 1. The van der Waals surface area contributed by atoms with Gasteiger partial charge < -0.3 is 10.2 Å². The third-order valence-electron chi connectivity index (χ3n) is 5.29. The van der Waals surface area contributed by atoms with Crippen LogP contribution in [0.3, 0.4) is 0 Å². The van der Waals surface area contributed by atoms with Crippen LogP contribution < -0.4 is 0 Å². The van der Waals surface area contributed by atoms with E-state index in [1.165, 1.54) is 0 Å². The molecule has 0 aromatic rings. The van der Waals surface area contributed by atoms with Gasteiger partial charge in [-0.15, -0.1) is 0 Å². The molecule has 1 saturated carbocycles. The van der Waals surface area contributed by atoms with Crippen molar-refractivity contribution >= 4 is 11.8 Å². The number of rotatable bonds is 12. The molecule has 0 amide bonds. The Morgan fingerprint density at radius 1 is 1.09 bits per heavy atom. The maximum Gasteiger partial charge on any atom is 0.309 e. The second-order valence-corrected chi connectivity index (χ2v) is 7.67. The summed E-state index contributed by atoms with van der Waals surface area (Å²) >= 11 is 0. The third-order valence-corrected chi connectivity index (χ3v) is 5.29. The molecule has 0 bridgehead atoms. The Kier molecular flexibility index (Phi) is 7.04. The van der Waals surface area contributed by atoms with Crippen LogP contribution in [0.2, 0.25) is 0 Å². The number of aliphatic hydroxyl groups excluding tert-OH is 1. The number of carbonyl (C=O) groups is 2. The molecule has 1 rings (SSSR count). The fraction of sp³-hybridized carbons (Fsp3) is 0.889. The summed E-state index contributed by atoms with van der Waals surface area (Å²) in [5.41, 5.74) is -0.677. The van der Waals surface area contributed by atoms with Crippen LogP contribution in [0.4, 0.5) is 0 Å². The minimum absolute atomic E-state index is 0.223. The van der Waals surface area contributed by atoms with E-state index in [0.717, 1.165) is 64.2 Å². The highest BCUT2D eigenvalue weighted by Gasteiger charge is 2.49. The van der Waals surface area contributed by atoms with E-state index in [0.29, 0.717) is 0 Å². The Labute approximate surface area is 134 Å². The number of hydrogen-bond donors (Lipinski definition) is 2. The Bertz CT molecular complexity index is 359. The molecule has 1 fully saturated rings. The lowest BCUT2D eigenvalue weighted by atomic mass is 9.83. The highest BCUT2D eigenvalue weighted by atomic mass is 16.4. The summed E-state index contributed by atoms with van der Waals surface area (Å²) in [6.07, 6.45) is 8.19. The zero-order chi connectivity index (χ0) is 16.8. The summed E-state index contributed by atoms with van der Waals surface area (Å²) in [6, 6.07) is 0. The highest BCUT2D eigenvalue weighted by Crippen LogP contribution is 2.50. The zero-order valence-electron chi connectivity index (χ0n) is 14.4. The van der Waals surface area contributed by atoms with Gasteiger partial charge in [-0.1, -0.05) is 39.5 Å². The largest absolute Gasteiger partial charge is 0.481 e. The molecule has 2 N–H and O–H groups in total. The Morgan fingerprint density at radius 2 is 1.64 bits per heavy atom. The van der Waals surface area contributed by atoms with Crippen molar-refractivity contribution in [2.24, 2.45) is 10.8 Å². The fourth-order valence-corrected chi connectivity index (χ4v) is 2.83. The van der Waals surface area contributed by atoms with Crippen molar-refractivity contribution in [1.29, 1.82) is 0 Å². The van der Waals surface area contributed by atoms with Crippen LogP contribution in [0.1, 0.15) is 85.0 Å². The van der Waals surface area contributed by atoms with Crippen LogP contribution in [0.25, 0.3) is 0 Å². The molecule has 4 heteroatoms. The van der Waals surface area contributed by atoms with E-state index in [4.69, 9.17) is 5.11 Å². The van der Waals surface area contributed by atoms with Gasteiger partial charge in [0.2, 0.25) is 0 Å². The van der Waals surface area contributed by atoms with Gasteiger partial charge in [0.1, 0.15) is 5.78 Å². The molecule has 1 aliphatic carbocycles. The number of aliphatic carboxylic acids is 1. The average molecular weight is 312 g/mol. The first-order valence-corrected chi connectivity index (χ1v) is 8.62. The Hall–Kier alpha value is -0.900. The van der Waals surface area contributed by atoms with Gasteiger partial charge in [-0.05, 0) is 45.4 Å². The third kappa shape index (κ3) is 6.07. The molecule has 1 unspecified atom stereocenters. The number of unbranched alkanes of at least 4 members (excludes halogenated alkanes) is 2. The topological polar surface area (TPSA) is 74.6 Å². The van der Waals surface area contributed by atoms with Crippen LogP contribution in [-0.4, -0.2) is 28.1 Å². The van der Waals surface area contributed by atoms with Gasteiger partial charge >= 0.3 is 5.97 Å². The monoisotopic (exact) mass is 312 g/mol. The van der Waals surface area contributed by atoms with Crippen LogP contribution >= 0.6 is 0 Å². The first-order valence-electron chi connectivity index (χ1n) is 8.62. The molecule has 1 atom stereocenters. The molecule has 4 nitrogen and oxygen atoms in total. The number of ketones is 1. The summed E-state index contributed by atoms with van der Waals surface area (Å²) in [6.45, 7) is 5.59. The van der Waals surface area contributed by atoms with Crippen molar-refractivity contribution in [2.45, 2.75) is 91.1 Å². The van der Waals surface area contributed by atoms with E-state index in [1.807, 2.05) is 13.8 Å². The number of carbonyl (C=O) groups excluding carboxylic acids is 1. The molecule has 0 spiro atoms. The van der Waals surface area contributed by atoms with Crippen LogP contribution in [0.15, 0.2) is 0 Å². The van der Waals surface area contributed by atoms with Crippen molar-refractivity contribution in [3.63, 3.8) is 0 Å². The minimum Gasteiger partial charge on any atom is -0.481 e. The molecule has 0 aromatic carbocycles. The SMILES string of the molecule is CC(=O)C(C)(C)CCCCC(O)CCCCC1(C(=O)O)CC1. The zero-order valence-corrected chi connectivity index (χ0v) is 14.4. The van der Waals surface area contributed by atoms with Crippen molar-refractivity contribution in [1.82, 2.24) is 0 Å². The second-order valence-electron chi connectivity index (χ2n) is 7.67. The molecule has 1 aliphatic rings. The average Bonchev–Trinajstić information content (AvgIpc) is 3.21. The van der Waals surface area contributed by atoms with E-state index < -0.39 is 11.4 Å². The van der Waals surface area contributed by atoms with Crippen molar-refractivity contribution in [3.8, 4) is 0 Å². The van der Waals surface area contributed by atoms with Crippen molar-refractivity contribution in [3.05, 3.63) is 0 Å². The predicted octanol–water partition coefficient (Wildman–Crippen LogP) is 3.95. The van der Waals surface area contributed by atoms with Crippen LogP contribution in [-0.2, 0) is 9.59 Å². The normalized spacial score (nSPS) is 18.0. The molecule has 0 aromatic heterocycles. The summed E-state index contributed by atoms with van der Waals surface area (Å²) in [5, 5.41) is 19.0. The van der Waals surface area contributed by atoms with Gasteiger partial charge in [-0.3, -0.25) is 9.59 Å². The van der Waals surface area contributed by atoms with Gasteiger partial charge in [0.05, 0.1) is 11.5 Å². The van der Waals surface area contributed by atoms with E-state index in [1.54, 1.807) is 6.92 Å². The number of Topliss-reactive ketones (excluding diaryl/α,β-unsaturated/α-hetero) is 1. The fourth-order valence-electron chi connectivity index (χ4n) is 2.83. The van der Waals surface area contributed by atoms with Gasteiger partial charge in [0.15, 0.2) is 0 Å². The lowest BCUT2D eigenvalue weighted by molar-refractivity contribution is -0.143. The Morgan fingerprint density at radius 3 is 2.09 bits per heavy atom. The minimum atomic E-state index is -0.652. The van der Waals surface area contributed by atoms with E-state index in [-0.39, 0.29) is 17.3 Å². The summed E-state index contributed by atoms with van der Waals surface area (Å²) in [4.78, 5) is 22.5. The van der Waals surface area contributed by atoms with Crippen molar-refractivity contribution in [2.75, 3.05) is 0 Å². The molecular weight excluding hydrogens is 280 g/mol. The van der Waals surface area contributed by atoms with Gasteiger partial charge in [0.25, 0.3) is 0 Å². The standard InChI is InChI=1S/C18H32O4/c1-14(19)17(2,3)10-6-4-8-15(20)9-5-7-11-18(12-13-18)16(21)22/h15,20H,4-13H2,1-3H3,(H,21,22). The molecule has 0 heterocycles. The quantitative estimate of drug-likeness (QED) is 0.535. The second kappa shape index (κ2) is 8.09. The first-order chi connectivity index (χ1) is 10.2. The lowest BCUT2D eigenvalue weighted by Crippen LogP contribution is -2.21. The molecular formula is C18H32O4. The van der Waals surface area contributed by atoms with Crippen LogP contribution in [0.5, 0.6) is 0 Å². The number of hydrogen-bond acceptors (Lipinski definition) is 3. The number of carboxylic acid groups (broad SMARTS) is 1. The van der Waals surface area contributed by atoms with Gasteiger partial charge in [-0.2, -0.15) is 0 Å². The Balaban J connectivity index is 2.03. The van der Waals surface area contributed by atoms with Crippen LogP contribution in [0, 0.1) is 10.8 Å². The van der Waals surface area contributed by atoms with Gasteiger partial charge in [-0.25, -0.2) is 0 Å². The lowest BCUT2D eigenvalue weighted by Gasteiger charge is -2.21. The van der Waals surface area contributed by atoms with E-state index in [2.05, 4.69) is 0 Å². The first kappa shape index (κ1) is 19.1. The van der Waals surface area contributed by atoms with E-state index in [9.17, 15) is 14.7 Å². The smallest absolute Gasteiger partial charge is 0.309 e. The maximum absolute atomic E-state index is 11.4. The maximum atomic E-state index is 11.4. The highest BCUT2D eigenvalue weighted by molar-refractivity contribution is 5.81. The number of aliphatic hydroxyl groups is 1. The van der Waals surface area contributed by atoms with Crippen molar-refractivity contribution < 1.29 is 19.8 Å². The van der Waals surface area contributed by atoms with E-state index >= 15 is 0 Å². The molecule has 22 heavy (non-hydrogen) atoms. The molecule has 0 radical (unpaired) electrons. The summed E-state index contributed by atoms with van der Waals surface area (Å²) in [5.74, 6) is -0.429.